The molecule has 4 rings (SSSR count). The van der Waals surface area contributed by atoms with Gasteiger partial charge in [0.2, 0.25) is 0 Å². The van der Waals surface area contributed by atoms with E-state index in [1.54, 1.807) is 12.3 Å². The fourth-order valence-corrected chi connectivity index (χ4v) is 8.64. The fourth-order valence-electron chi connectivity index (χ4n) is 3.71. The molecule has 2 aromatic heterocycles. The van der Waals surface area contributed by atoms with Crippen molar-refractivity contribution in [3.63, 3.8) is 0 Å². The maximum absolute atomic E-state index is 14.9. The van der Waals surface area contributed by atoms with Crippen molar-refractivity contribution in [3.8, 4) is 10.4 Å². The number of amides is 1. The number of H-pyrrole nitrogens is 1. The van der Waals surface area contributed by atoms with E-state index in [1.165, 1.54) is 26.0 Å². The van der Waals surface area contributed by atoms with Crippen molar-refractivity contribution in [2.75, 3.05) is 0 Å². The summed E-state index contributed by atoms with van der Waals surface area (Å²) in [6, 6.07) is 6.82. The van der Waals surface area contributed by atoms with Crippen LogP contribution in [0.25, 0.3) is 16.1 Å². The standard InChI is InChI=1S/C25H24AsF2N3O3S/c1-12-4-6-19(31-22(12)13-5-7-20(32)30-11-13)26-23-15(24(29)33)10-18(35-23)21-16(27)8-14(9-17(21)28)25(2,3)34/h4-11,19,26,31,34H,1-3H3,(H2,29,33)(H,30,32). The molecule has 3 aromatic rings. The normalized spacial score (nSPS) is 16.2. The molecule has 0 spiro atoms. The Kier molecular flexibility index (Phi) is 6.86. The van der Waals surface area contributed by atoms with E-state index < -0.39 is 38.9 Å². The molecule has 1 aliphatic heterocycles. The molecule has 1 aliphatic rings. The van der Waals surface area contributed by atoms with E-state index in [1.807, 2.05) is 19.1 Å². The van der Waals surface area contributed by atoms with E-state index in [4.69, 9.17) is 5.73 Å². The van der Waals surface area contributed by atoms with Crippen molar-refractivity contribution in [2.45, 2.75) is 31.2 Å². The molecule has 182 valence electrons. The molecule has 1 aromatic carbocycles. The second-order valence-corrected chi connectivity index (χ2v) is 13.5. The third-order valence-electron chi connectivity index (χ3n) is 5.58. The van der Waals surface area contributed by atoms with Gasteiger partial charge in [0.1, 0.15) is 0 Å². The zero-order valence-corrected chi connectivity index (χ0v) is 22.1. The monoisotopic (exact) mass is 559 g/mol. The number of primary amides is 1. The van der Waals surface area contributed by atoms with Crippen LogP contribution in [0.3, 0.4) is 0 Å². The number of hydrogen-bond donors (Lipinski definition) is 4. The molecule has 2 unspecified atom stereocenters. The molecule has 0 fully saturated rings. The van der Waals surface area contributed by atoms with E-state index in [9.17, 15) is 23.5 Å². The van der Waals surface area contributed by atoms with Gasteiger partial charge in [-0.15, -0.1) is 0 Å². The minimum atomic E-state index is -1.40. The van der Waals surface area contributed by atoms with Gasteiger partial charge in [0, 0.05) is 0 Å². The van der Waals surface area contributed by atoms with Crippen LogP contribution in [-0.2, 0) is 5.60 Å². The predicted octanol–water partition coefficient (Wildman–Crippen LogP) is 2.69. The van der Waals surface area contributed by atoms with E-state index in [0.29, 0.717) is 3.66 Å². The summed E-state index contributed by atoms with van der Waals surface area (Å²) >= 11 is 0.100. The minimum absolute atomic E-state index is 0.0995. The molecular formula is C25H24AsF2N3O3S. The number of carbonyl (C=O) groups excluding carboxylic acids is 1. The van der Waals surface area contributed by atoms with Gasteiger partial charge < -0.3 is 0 Å². The Labute approximate surface area is 211 Å². The van der Waals surface area contributed by atoms with Crippen LogP contribution in [-0.4, -0.2) is 36.6 Å². The van der Waals surface area contributed by atoms with E-state index in [-0.39, 0.29) is 32.0 Å². The Balaban J connectivity index is 1.66. The molecule has 0 aliphatic carbocycles. The number of nitrogens with two attached hydrogens (primary N) is 1. The first-order valence-electron chi connectivity index (χ1n) is 10.7. The quantitative estimate of drug-likeness (QED) is 0.349. The van der Waals surface area contributed by atoms with Gasteiger partial charge in [-0.3, -0.25) is 0 Å². The second-order valence-electron chi connectivity index (χ2n) is 8.72. The fraction of sp³-hybridized carbons (Fsp3) is 0.200. The topological polar surface area (TPSA) is 108 Å². The van der Waals surface area contributed by atoms with E-state index >= 15 is 0 Å². The first-order chi connectivity index (χ1) is 16.4. The van der Waals surface area contributed by atoms with Crippen molar-refractivity contribution in [1.82, 2.24) is 10.3 Å². The van der Waals surface area contributed by atoms with Crippen molar-refractivity contribution >= 4 is 42.4 Å². The average molecular weight is 559 g/mol. The van der Waals surface area contributed by atoms with Crippen LogP contribution in [0.5, 0.6) is 0 Å². The number of aromatic nitrogens is 1. The van der Waals surface area contributed by atoms with Gasteiger partial charge in [0.25, 0.3) is 0 Å². The van der Waals surface area contributed by atoms with Crippen LogP contribution >= 0.6 is 11.3 Å². The number of rotatable bonds is 6. The van der Waals surface area contributed by atoms with Gasteiger partial charge in [0.15, 0.2) is 0 Å². The average Bonchev–Trinajstić information content (AvgIpc) is 3.18. The van der Waals surface area contributed by atoms with Crippen molar-refractivity contribution in [3.05, 3.63) is 92.9 Å². The zero-order valence-electron chi connectivity index (χ0n) is 19.2. The van der Waals surface area contributed by atoms with Gasteiger partial charge in [-0.05, 0) is 0 Å². The summed E-state index contributed by atoms with van der Waals surface area (Å²) in [5.41, 5.74) is 6.79. The second kappa shape index (κ2) is 9.57. The zero-order chi connectivity index (χ0) is 25.5. The van der Waals surface area contributed by atoms with E-state index in [0.717, 1.165) is 40.3 Å². The molecule has 0 radical (unpaired) electrons. The Bertz CT molecular complexity index is 1390. The van der Waals surface area contributed by atoms with Crippen LogP contribution in [0.1, 0.15) is 42.3 Å². The number of benzene rings is 1. The number of allylic oxidation sites excluding steroid dienone is 2. The summed E-state index contributed by atoms with van der Waals surface area (Å²) < 4.78 is 30.6. The Hall–Kier alpha value is -3.00. The number of dihydropyridines is 1. The summed E-state index contributed by atoms with van der Waals surface area (Å²) in [6.45, 7) is 4.84. The molecule has 0 saturated heterocycles. The van der Waals surface area contributed by atoms with Crippen molar-refractivity contribution in [1.29, 1.82) is 0 Å². The number of hydrogen-bond acceptors (Lipinski definition) is 5. The van der Waals surface area contributed by atoms with Crippen LogP contribution in [0.4, 0.5) is 8.78 Å². The number of carbonyl (C=O) groups is 1. The summed E-state index contributed by atoms with van der Waals surface area (Å²) in [6.07, 6.45) is 5.59. The van der Waals surface area contributed by atoms with Gasteiger partial charge in [-0.2, -0.15) is 0 Å². The SMILES string of the molecule is CC1=C(c2ccc(=O)[nH]c2)NC([AsH]c2sc(-c3c(F)cc(C(C)(C)O)cc3F)cc2C(N)=O)C=C1. The van der Waals surface area contributed by atoms with Crippen LogP contribution in [0, 0.1) is 11.6 Å². The molecule has 2 atom stereocenters. The van der Waals surface area contributed by atoms with Crippen LogP contribution < -0.4 is 20.3 Å². The summed E-state index contributed by atoms with van der Waals surface area (Å²) in [5, 5.41) is 13.6. The predicted molar refractivity (Wildman–Crippen MR) is 136 cm³/mol. The van der Waals surface area contributed by atoms with Gasteiger partial charge in [-0.1, -0.05) is 0 Å². The Morgan fingerprint density at radius 2 is 1.89 bits per heavy atom. The molecule has 6 nitrogen and oxygen atoms in total. The first-order valence-corrected chi connectivity index (χ1v) is 13.8. The Morgan fingerprint density at radius 1 is 1.20 bits per heavy atom. The molecular weight excluding hydrogens is 535 g/mol. The molecule has 10 heteroatoms. The number of pyridine rings is 1. The molecule has 5 N–H and O–H groups in total. The number of thiophene rings is 1. The van der Waals surface area contributed by atoms with E-state index in [2.05, 4.69) is 10.3 Å². The molecule has 35 heavy (non-hydrogen) atoms. The Morgan fingerprint density at radius 3 is 2.46 bits per heavy atom. The third kappa shape index (κ3) is 5.32. The molecule has 1 amide bonds. The van der Waals surface area contributed by atoms with Gasteiger partial charge in [0.05, 0.1) is 0 Å². The molecule has 0 saturated carbocycles. The summed E-state index contributed by atoms with van der Waals surface area (Å²) in [4.78, 5) is 26.4. The number of aliphatic hydroxyl groups is 1. The van der Waals surface area contributed by atoms with Crippen LogP contribution in [0.15, 0.2) is 59.0 Å². The van der Waals surface area contributed by atoms with Crippen molar-refractivity contribution < 1.29 is 18.7 Å². The number of halogens is 2. The molecule has 3 heterocycles. The number of aromatic amines is 1. The van der Waals surface area contributed by atoms with Crippen LogP contribution in [0.2, 0.25) is 0 Å². The molecule has 0 bridgehead atoms. The summed E-state index contributed by atoms with van der Waals surface area (Å²) in [5.74, 6) is -2.30. The third-order valence-corrected chi connectivity index (χ3v) is 10.3. The van der Waals surface area contributed by atoms with Gasteiger partial charge in [-0.25, -0.2) is 0 Å². The van der Waals surface area contributed by atoms with Crippen molar-refractivity contribution in [2.24, 2.45) is 5.73 Å². The first kappa shape index (κ1) is 25.1. The van der Waals surface area contributed by atoms with Gasteiger partial charge >= 0.3 is 212 Å². The maximum atomic E-state index is 14.9. The summed E-state index contributed by atoms with van der Waals surface area (Å²) in [7, 11) is 0. The number of nitrogens with one attached hydrogen (secondary N) is 2.